The molecule has 2 heterocycles. The molecule has 0 amide bonds. The minimum absolute atomic E-state index is 0.0220. The Labute approximate surface area is 175 Å². The predicted molar refractivity (Wildman–Crippen MR) is 112 cm³/mol. The number of nitrogens with zero attached hydrogens (tertiary/aromatic N) is 1. The Bertz CT molecular complexity index is 990. The fourth-order valence-electron chi connectivity index (χ4n) is 3.71. The number of carbonyl (C=O) groups is 1. The first-order valence-corrected chi connectivity index (χ1v) is 9.95. The maximum atomic E-state index is 12.4. The molecule has 6 nitrogen and oxygen atoms in total. The molecule has 2 aromatic rings. The van der Waals surface area contributed by atoms with Gasteiger partial charge in [0.1, 0.15) is 11.3 Å². The van der Waals surface area contributed by atoms with Crippen LogP contribution in [0.15, 0.2) is 29.2 Å². The third-order valence-electron chi connectivity index (χ3n) is 5.24. The lowest BCUT2D eigenvalue weighted by Gasteiger charge is -2.39. The van der Waals surface area contributed by atoms with E-state index >= 15 is 0 Å². The fourth-order valence-corrected chi connectivity index (χ4v) is 3.93. The molecule has 0 saturated carbocycles. The zero-order valence-corrected chi connectivity index (χ0v) is 17.9. The first kappa shape index (κ1) is 21.4. The molecule has 7 heteroatoms. The van der Waals surface area contributed by atoms with Crippen LogP contribution in [-0.2, 0) is 11.2 Å². The highest BCUT2D eigenvalue weighted by Gasteiger charge is 2.34. The van der Waals surface area contributed by atoms with Crippen molar-refractivity contribution in [3.63, 3.8) is 0 Å². The number of aromatic carboxylic acids is 1. The van der Waals surface area contributed by atoms with E-state index in [0.717, 1.165) is 17.5 Å². The van der Waals surface area contributed by atoms with E-state index in [1.165, 1.54) is 12.3 Å². The molecule has 0 fully saturated rings. The molecule has 0 aliphatic carbocycles. The Morgan fingerprint density at radius 3 is 2.62 bits per heavy atom. The molecule has 1 aromatic carbocycles. The minimum Gasteiger partial charge on any atom is -0.492 e. The van der Waals surface area contributed by atoms with E-state index in [-0.39, 0.29) is 17.0 Å². The summed E-state index contributed by atoms with van der Waals surface area (Å²) in [6.07, 6.45) is 2.89. The second-order valence-electron chi connectivity index (χ2n) is 8.37. The van der Waals surface area contributed by atoms with Gasteiger partial charge in [-0.05, 0) is 29.5 Å². The van der Waals surface area contributed by atoms with Crippen molar-refractivity contribution in [3.05, 3.63) is 50.8 Å². The summed E-state index contributed by atoms with van der Waals surface area (Å²) in [4.78, 5) is 23.9. The van der Waals surface area contributed by atoms with E-state index in [1.807, 2.05) is 10.6 Å². The Kier molecular flexibility index (Phi) is 6.05. The summed E-state index contributed by atoms with van der Waals surface area (Å²) in [5.41, 5.74) is 1.63. The summed E-state index contributed by atoms with van der Waals surface area (Å²) in [6.45, 7) is 7.40. The van der Waals surface area contributed by atoms with E-state index in [1.54, 1.807) is 13.2 Å². The lowest BCUT2D eigenvalue weighted by molar-refractivity contribution is 0.0693. The van der Waals surface area contributed by atoms with Crippen molar-refractivity contribution in [2.24, 2.45) is 5.41 Å². The van der Waals surface area contributed by atoms with Crippen molar-refractivity contribution >= 4 is 17.6 Å². The van der Waals surface area contributed by atoms with Crippen molar-refractivity contribution in [1.29, 1.82) is 0 Å². The van der Waals surface area contributed by atoms with Crippen molar-refractivity contribution in [2.75, 3.05) is 20.3 Å². The van der Waals surface area contributed by atoms with E-state index in [4.69, 9.17) is 21.1 Å². The van der Waals surface area contributed by atoms with Crippen molar-refractivity contribution in [2.45, 2.75) is 39.7 Å². The van der Waals surface area contributed by atoms with Crippen LogP contribution in [0.2, 0.25) is 5.02 Å². The van der Waals surface area contributed by atoms with Gasteiger partial charge in [0.25, 0.3) is 0 Å². The molecule has 3 rings (SSSR count). The number of methoxy groups -OCH3 is 1. The zero-order chi connectivity index (χ0) is 21.3. The van der Waals surface area contributed by atoms with Gasteiger partial charge >= 0.3 is 5.97 Å². The number of ether oxygens (including phenoxy) is 2. The number of halogens is 1. The zero-order valence-electron chi connectivity index (χ0n) is 17.1. The molecule has 29 heavy (non-hydrogen) atoms. The predicted octanol–water partition coefficient (Wildman–Crippen LogP) is 4.43. The van der Waals surface area contributed by atoms with Gasteiger partial charge in [0.2, 0.25) is 0 Å². The number of benzene rings is 1. The SMILES string of the molecule is COCCCOc1cc2c(cc1Cl)-c1cc(=O)c(C(=O)O)cn1[C@@H](C(C)(C)C)C2. The first-order valence-electron chi connectivity index (χ1n) is 9.57. The van der Waals surface area contributed by atoms with E-state index in [9.17, 15) is 14.7 Å². The molecule has 1 aromatic heterocycles. The molecular weight excluding hydrogens is 394 g/mol. The third kappa shape index (κ3) is 4.33. The number of pyridine rings is 1. The van der Waals surface area contributed by atoms with Gasteiger partial charge in [0, 0.05) is 44.0 Å². The van der Waals surface area contributed by atoms with Gasteiger partial charge in [-0.15, -0.1) is 0 Å². The average Bonchev–Trinajstić information content (AvgIpc) is 2.63. The number of hydrogen-bond acceptors (Lipinski definition) is 4. The lowest BCUT2D eigenvalue weighted by atomic mass is 9.79. The van der Waals surface area contributed by atoms with Crippen LogP contribution < -0.4 is 10.2 Å². The molecule has 0 unspecified atom stereocenters. The van der Waals surface area contributed by atoms with Crippen LogP contribution in [0.4, 0.5) is 0 Å². The molecule has 0 bridgehead atoms. The number of rotatable bonds is 6. The van der Waals surface area contributed by atoms with Crippen LogP contribution in [0.3, 0.4) is 0 Å². The Hall–Kier alpha value is -2.31. The summed E-state index contributed by atoms with van der Waals surface area (Å²) >= 11 is 6.45. The lowest BCUT2D eigenvalue weighted by Crippen LogP contribution is -2.32. The van der Waals surface area contributed by atoms with Crippen molar-refractivity contribution < 1.29 is 19.4 Å². The normalized spacial score (nSPS) is 15.6. The highest BCUT2D eigenvalue weighted by atomic mass is 35.5. The van der Waals surface area contributed by atoms with Crippen LogP contribution >= 0.6 is 11.6 Å². The number of fused-ring (bicyclic) bond motifs is 3. The van der Waals surface area contributed by atoms with E-state index in [2.05, 4.69) is 20.8 Å². The summed E-state index contributed by atoms with van der Waals surface area (Å²) in [5.74, 6) is -0.617. The number of carboxylic acid groups (broad SMARTS) is 1. The summed E-state index contributed by atoms with van der Waals surface area (Å²) in [7, 11) is 1.65. The van der Waals surface area contributed by atoms with Gasteiger partial charge in [0.15, 0.2) is 5.43 Å². The smallest absolute Gasteiger partial charge is 0.341 e. The molecule has 1 atom stereocenters. The first-order chi connectivity index (χ1) is 13.6. The van der Waals surface area contributed by atoms with E-state index < -0.39 is 11.4 Å². The molecule has 1 N–H and O–H groups in total. The average molecular weight is 420 g/mol. The quantitative estimate of drug-likeness (QED) is 0.701. The van der Waals surface area contributed by atoms with Crippen molar-refractivity contribution in [1.82, 2.24) is 4.57 Å². The summed E-state index contributed by atoms with van der Waals surface area (Å²) in [6, 6.07) is 5.11. The highest BCUT2D eigenvalue weighted by molar-refractivity contribution is 6.32. The summed E-state index contributed by atoms with van der Waals surface area (Å²) < 4.78 is 12.8. The largest absolute Gasteiger partial charge is 0.492 e. The standard InChI is InChI=1S/C22H26ClNO5/c1-22(2,3)20-9-13-8-19(29-7-5-6-28-4)16(23)10-14(13)17-11-18(25)15(21(26)27)12-24(17)20/h8,10-12,20H,5-7,9H2,1-4H3,(H,26,27)/t20-/m1/s1. The minimum atomic E-state index is -1.22. The molecule has 1 aliphatic heterocycles. The van der Waals surface area contributed by atoms with Crippen LogP contribution in [0, 0.1) is 5.41 Å². The second-order valence-corrected chi connectivity index (χ2v) is 8.78. The topological polar surface area (TPSA) is 77.8 Å². The molecule has 1 aliphatic rings. The molecular formula is C22H26ClNO5. The maximum absolute atomic E-state index is 12.4. The van der Waals surface area contributed by atoms with E-state index in [0.29, 0.717) is 36.1 Å². The molecule has 0 saturated heterocycles. The monoisotopic (exact) mass is 419 g/mol. The maximum Gasteiger partial charge on any atom is 0.341 e. The Morgan fingerprint density at radius 1 is 1.28 bits per heavy atom. The fraction of sp³-hybridized carbons (Fsp3) is 0.455. The number of aromatic nitrogens is 1. The van der Waals surface area contributed by atoms with Crippen LogP contribution in [0.25, 0.3) is 11.3 Å². The highest BCUT2D eigenvalue weighted by Crippen LogP contribution is 2.44. The number of hydrogen-bond donors (Lipinski definition) is 1. The third-order valence-corrected chi connectivity index (χ3v) is 5.54. The Balaban J connectivity index is 2.11. The van der Waals surface area contributed by atoms with Gasteiger partial charge in [-0.1, -0.05) is 32.4 Å². The van der Waals surface area contributed by atoms with Crippen LogP contribution in [0.5, 0.6) is 5.75 Å². The van der Waals surface area contributed by atoms with Crippen LogP contribution in [0.1, 0.15) is 49.2 Å². The second kappa shape index (κ2) is 8.20. The molecule has 156 valence electrons. The number of carboxylic acids is 1. The van der Waals surface area contributed by atoms with Gasteiger partial charge in [-0.2, -0.15) is 0 Å². The molecule has 0 spiro atoms. The van der Waals surface area contributed by atoms with Gasteiger partial charge < -0.3 is 19.1 Å². The Morgan fingerprint density at radius 2 is 2.00 bits per heavy atom. The summed E-state index contributed by atoms with van der Waals surface area (Å²) in [5, 5.41) is 9.85. The molecule has 0 radical (unpaired) electrons. The van der Waals surface area contributed by atoms with Crippen LogP contribution in [-0.4, -0.2) is 36.0 Å². The van der Waals surface area contributed by atoms with Gasteiger partial charge in [-0.25, -0.2) is 4.79 Å². The van der Waals surface area contributed by atoms with Crippen molar-refractivity contribution in [3.8, 4) is 17.0 Å². The van der Waals surface area contributed by atoms with Gasteiger partial charge in [0.05, 0.1) is 17.3 Å². The van der Waals surface area contributed by atoms with Gasteiger partial charge in [-0.3, -0.25) is 4.79 Å².